The van der Waals surface area contributed by atoms with Crippen LogP contribution in [0.15, 0.2) is 12.4 Å². The van der Waals surface area contributed by atoms with Gasteiger partial charge in [-0.1, -0.05) is 0 Å². The molecule has 2 aliphatic heterocycles. The smallest absolute Gasteiger partial charge is 0.253 e. The minimum absolute atomic E-state index is 0.115. The molecule has 1 spiro atoms. The van der Waals surface area contributed by atoms with Gasteiger partial charge in [-0.15, -0.1) is 0 Å². The number of ether oxygens (including phenoxy) is 1. The molecule has 0 N–H and O–H groups in total. The summed E-state index contributed by atoms with van der Waals surface area (Å²) in [5, 5.41) is 0. The number of amides is 1. The molecule has 6 nitrogen and oxygen atoms in total. The average Bonchev–Trinajstić information content (AvgIpc) is 3.31. The maximum Gasteiger partial charge on any atom is 0.253 e. The molecule has 1 aromatic heterocycles. The molecule has 3 aliphatic rings. The Morgan fingerprint density at radius 1 is 1.32 bits per heavy atom. The van der Waals surface area contributed by atoms with Crippen molar-refractivity contribution in [1.29, 1.82) is 0 Å². The lowest BCUT2D eigenvalue weighted by Gasteiger charge is -2.46. The van der Waals surface area contributed by atoms with Crippen LogP contribution in [0.3, 0.4) is 0 Å². The Morgan fingerprint density at radius 3 is 2.68 bits per heavy atom. The van der Waals surface area contributed by atoms with Crippen molar-refractivity contribution < 1.29 is 9.53 Å². The van der Waals surface area contributed by atoms with E-state index < -0.39 is 11.7 Å². The van der Waals surface area contributed by atoms with E-state index in [9.17, 15) is 4.79 Å². The molecule has 3 heterocycles. The summed E-state index contributed by atoms with van der Waals surface area (Å²) in [4.78, 5) is 21.9. The second-order valence-corrected chi connectivity index (χ2v) is 7.76. The van der Waals surface area contributed by atoms with Gasteiger partial charge in [-0.3, -0.25) is 4.79 Å². The molecule has 1 aliphatic carbocycles. The first-order valence-corrected chi connectivity index (χ1v) is 9.85. The zero-order chi connectivity index (χ0) is 17.4. The van der Waals surface area contributed by atoms with Gasteiger partial charge in [0.25, 0.3) is 5.91 Å². The second-order valence-electron chi connectivity index (χ2n) is 7.76. The summed E-state index contributed by atoms with van der Waals surface area (Å²) >= 11 is 0. The van der Waals surface area contributed by atoms with Gasteiger partial charge in [-0.05, 0) is 45.4 Å². The van der Waals surface area contributed by atoms with E-state index in [1.54, 1.807) is 0 Å². The highest BCUT2D eigenvalue weighted by Gasteiger charge is 2.47. The highest BCUT2D eigenvalue weighted by Crippen LogP contribution is 2.41. The molecule has 4 rings (SSSR count). The number of likely N-dealkylation sites (tertiary alicyclic amines) is 1. The van der Waals surface area contributed by atoms with E-state index in [1.165, 1.54) is 19.4 Å². The molecule has 1 saturated heterocycles. The van der Waals surface area contributed by atoms with Crippen molar-refractivity contribution in [2.24, 2.45) is 5.92 Å². The molecular weight excluding hydrogens is 316 g/mol. The standard InChI is InChI=1S/C19H30N4O2/c1-3-22(4-2)17(24)16-14-23-12-9-20-18(23)19(25-16)7-10-21(11-8-19)13-15-5-6-15/h9,12,15-16H,3-8,10-11,13-14H2,1-2H3. The topological polar surface area (TPSA) is 50.6 Å². The third-order valence-corrected chi connectivity index (χ3v) is 6.08. The number of carbonyl (C=O) groups is 1. The summed E-state index contributed by atoms with van der Waals surface area (Å²) < 4.78 is 8.66. The van der Waals surface area contributed by atoms with E-state index in [0.29, 0.717) is 6.54 Å². The van der Waals surface area contributed by atoms with E-state index in [4.69, 9.17) is 4.74 Å². The Balaban J connectivity index is 1.52. The van der Waals surface area contributed by atoms with Gasteiger partial charge in [0, 0.05) is 45.1 Å². The molecule has 1 aromatic rings. The third kappa shape index (κ3) is 3.22. The molecule has 2 fully saturated rings. The molecule has 138 valence electrons. The number of aromatic nitrogens is 2. The van der Waals surface area contributed by atoms with Crippen molar-refractivity contribution in [1.82, 2.24) is 19.4 Å². The molecule has 0 bridgehead atoms. The van der Waals surface area contributed by atoms with Gasteiger partial charge in [0.15, 0.2) is 6.10 Å². The van der Waals surface area contributed by atoms with Gasteiger partial charge in [0.1, 0.15) is 11.4 Å². The predicted octanol–water partition coefficient (Wildman–Crippen LogP) is 1.85. The maximum atomic E-state index is 12.9. The van der Waals surface area contributed by atoms with Gasteiger partial charge >= 0.3 is 0 Å². The van der Waals surface area contributed by atoms with Crippen LogP contribution in [0.4, 0.5) is 0 Å². The number of imidazole rings is 1. The summed E-state index contributed by atoms with van der Waals surface area (Å²) in [6.07, 6.45) is 8.10. The number of likely N-dealkylation sites (N-methyl/N-ethyl adjacent to an activating group) is 1. The quantitative estimate of drug-likeness (QED) is 0.816. The first kappa shape index (κ1) is 17.0. The first-order valence-electron chi connectivity index (χ1n) is 9.85. The van der Waals surface area contributed by atoms with E-state index in [1.807, 2.05) is 31.1 Å². The number of fused-ring (bicyclic) bond motifs is 2. The predicted molar refractivity (Wildman–Crippen MR) is 95.1 cm³/mol. The van der Waals surface area contributed by atoms with Crippen molar-refractivity contribution in [2.45, 2.75) is 57.8 Å². The fraction of sp³-hybridized carbons (Fsp3) is 0.789. The van der Waals surface area contributed by atoms with Crippen LogP contribution in [0.25, 0.3) is 0 Å². The van der Waals surface area contributed by atoms with Crippen molar-refractivity contribution in [3.05, 3.63) is 18.2 Å². The Hall–Kier alpha value is -1.40. The van der Waals surface area contributed by atoms with Crippen molar-refractivity contribution in [2.75, 3.05) is 32.7 Å². The lowest BCUT2D eigenvalue weighted by Crippen LogP contribution is -2.54. The van der Waals surface area contributed by atoms with Crippen LogP contribution < -0.4 is 0 Å². The van der Waals surface area contributed by atoms with Crippen LogP contribution in [0.2, 0.25) is 0 Å². The molecular formula is C19H30N4O2. The fourth-order valence-corrected chi connectivity index (χ4v) is 4.37. The first-order chi connectivity index (χ1) is 12.1. The van der Waals surface area contributed by atoms with Gasteiger partial charge in [0.05, 0.1) is 6.54 Å². The number of piperidine rings is 1. The van der Waals surface area contributed by atoms with E-state index >= 15 is 0 Å². The van der Waals surface area contributed by atoms with E-state index in [-0.39, 0.29) is 5.91 Å². The van der Waals surface area contributed by atoms with Gasteiger partial charge < -0.3 is 19.1 Å². The Kier molecular flexibility index (Phi) is 4.58. The van der Waals surface area contributed by atoms with Crippen molar-refractivity contribution in [3.63, 3.8) is 0 Å². The minimum Gasteiger partial charge on any atom is -0.352 e. The fourth-order valence-electron chi connectivity index (χ4n) is 4.37. The summed E-state index contributed by atoms with van der Waals surface area (Å²) in [7, 11) is 0. The van der Waals surface area contributed by atoms with Crippen LogP contribution in [-0.4, -0.2) is 64.1 Å². The van der Waals surface area contributed by atoms with Gasteiger partial charge in [0.2, 0.25) is 0 Å². The molecule has 1 unspecified atom stereocenters. The molecule has 6 heteroatoms. The average molecular weight is 346 g/mol. The zero-order valence-corrected chi connectivity index (χ0v) is 15.5. The van der Waals surface area contributed by atoms with E-state index in [2.05, 4.69) is 14.5 Å². The molecule has 0 aromatic carbocycles. The number of hydrogen-bond acceptors (Lipinski definition) is 4. The molecule has 1 atom stereocenters. The minimum atomic E-state index is -0.394. The monoisotopic (exact) mass is 346 g/mol. The van der Waals surface area contributed by atoms with Crippen LogP contribution >= 0.6 is 0 Å². The molecule has 0 radical (unpaired) electrons. The summed E-state index contributed by atoms with van der Waals surface area (Å²) in [6.45, 7) is 9.40. The second kappa shape index (κ2) is 6.72. The highest BCUT2D eigenvalue weighted by atomic mass is 16.5. The molecule has 25 heavy (non-hydrogen) atoms. The third-order valence-electron chi connectivity index (χ3n) is 6.08. The Morgan fingerprint density at radius 2 is 2.04 bits per heavy atom. The van der Waals surface area contributed by atoms with Crippen molar-refractivity contribution in [3.8, 4) is 0 Å². The van der Waals surface area contributed by atoms with Crippen LogP contribution in [-0.2, 0) is 21.7 Å². The van der Waals surface area contributed by atoms with Crippen LogP contribution in [0.5, 0.6) is 0 Å². The summed E-state index contributed by atoms with van der Waals surface area (Å²) in [6, 6.07) is 0. The highest BCUT2D eigenvalue weighted by molar-refractivity contribution is 5.81. The summed E-state index contributed by atoms with van der Waals surface area (Å²) in [5.74, 6) is 2.05. The lowest BCUT2D eigenvalue weighted by molar-refractivity contribution is -0.181. The van der Waals surface area contributed by atoms with E-state index in [0.717, 1.165) is 50.8 Å². The summed E-state index contributed by atoms with van der Waals surface area (Å²) in [5.41, 5.74) is -0.394. The number of rotatable bonds is 5. The van der Waals surface area contributed by atoms with Crippen LogP contribution in [0, 0.1) is 5.92 Å². The number of nitrogens with zero attached hydrogens (tertiary/aromatic N) is 4. The van der Waals surface area contributed by atoms with Crippen LogP contribution in [0.1, 0.15) is 45.4 Å². The van der Waals surface area contributed by atoms with Gasteiger partial charge in [-0.25, -0.2) is 4.98 Å². The number of carbonyl (C=O) groups excluding carboxylic acids is 1. The Bertz CT molecular complexity index is 613. The van der Waals surface area contributed by atoms with Gasteiger partial charge in [-0.2, -0.15) is 0 Å². The largest absolute Gasteiger partial charge is 0.352 e. The lowest BCUT2D eigenvalue weighted by atomic mass is 9.88. The maximum absolute atomic E-state index is 12.9. The zero-order valence-electron chi connectivity index (χ0n) is 15.5. The SMILES string of the molecule is CCN(CC)C(=O)C1Cn2ccnc2C2(CCN(CC3CC3)CC2)O1. The molecule has 1 saturated carbocycles. The molecule has 1 amide bonds. The normalized spacial score (nSPS) is 25.8. The van der Waals surface area contributed by atoms with Crippen molar-refractivity contribution >= 4 is 5.91 Å². The Labute approximate surface area is 150 Å². The number of hydrogen-bond donors (Lipinski definition) is 0.